The van der Waals surface area contributed by atoms with Crippen molar-refractivity contribution in [1.29, 1.82) is 0 Å². The predicted octanol–water partition coefficient (Wildman–Crippen LogP) is 0.765. The van der Waals surface area contributed by atoms with Crippen LogP contribution in [0.5, 0.6) is 0 Å². The van der Waals surface area contributed by atoms with E-state index in [0.717, 1.165) is 6.07 Å². The third kappa shape index (κ3) is 2.95. The van der Waals surface area contributed by atoms with E-state index in [-0.39, 0.29) is 4.90 Å². The highest BCUT2D eigenvalue weighted by atomic mass is 32.2. The summed E-state index contributed by atoms with van der Waals surface area (Å²) < 4.78 is 39.5. The molecule has 102 valence electrons. The molecule has 0 N–H and O–H groups in total. The fourth-order valence-electron chi connectivity index (χ4n) is 2.05. The predicted molar refractivity (Wildman–Crippen MR) is 70.4 cm³/mol. The van der Waals surface area contributed by atoms with Gasteiger partial charge in [-0.3, -0.25) is 4.90 Å². The summed E-state index contributed by atoms with van der Waals surface area (Å²) in [6.07, 6.45) is 5.22. The second-order valence-electron chi connectivity index (χ2n) is 4.31. The lowest BCUT2D eigenvalue weighted by Gasteiger charge is -2.32. The van der Waals surface area contributed by atoms with Gasteiger partial charge in [0.2, 0.25) is 10.0 Å². The minimum atomic E-state index is -3.75. The summed E-state index contributed by atoms with van der Waals surface area (Å²) in [5.41, 5.74) is 0. The fourth-order valence-corrected chi connectivity index (χ4v) is 3.54. The van der Waals surface area contributed by atoms with Crippen molar-refractivity contribution in [3.63, 3.8) is 0 Å². The molecule has 0 radical (unpaired) electrons. The van der Waals surface area contributed by atoms with Crippen molar-refractivity contribution >= 4 is 10.0 Å². The Hall–Kier alpha value is -1.42. The van der Waals surface area contributed by atoms with E-state index in [2.05, 4.69) is 5.92 Å². The maximum absolute atomic E-state index is 13.6. The molecule has 1 heterocycles. The Balaban J connectivity index is 2.15. The molecule has 0 bridgehead atoms. The van der Waals surface area contributed by atoms with Crippen LogP contribution in [0.4, 0.5) is 4.39 Å². The molecule has 6 heteroatoms. The van der Waals surface area contributed by atoms with Crippen molar-refractivity contribution in [3.8, 4) is 12.3 Å². The molecular formula is C13H15FN2O2S. The first-order valence-electron chi connectivity index (χ1n) is 5.96. The van der Waals surface area contributed by atoms with Crippen LogP contribution in [0.2, 0.25) is 0 Å². The number of benzene rings is 1. The summed E-state index contributed by atoms with van der Waals surface area (Å²) in [5.74, 6) is 1.82. The van der Waals surface area contributed by atoms with Crippen LogP contribution in [0.15, 0.2) is 29.2 Å². The molecule has 1 fully saturated rings. The van der Waals surface area contributed by atoms with E-state index in [1.807, 2.05) is 4.90 Å². The monoisotopic (exact) mass is 282 g/mol. The lowest BCUT2D eigenvalue weighted by atomic mass is 10.3. The Morgan fingerprint density at radius 2 is 1.84 bits per heavy atom. The van der Waals surface area contributed by atoms with E-state index in [0.29, 0.717) is 32.7 Å². The van der Waals surface area contributed by atoms with Crippen LogP contribution in [0.25, 0.3) is 0 Å². The molecule has 0 atom stereocenters. The molecule has 0 saturated carbocycles. The van der Waals surface area contributed by atoms with Crippen molar-refractivity contribution in [2.45, 2.75) is 4.90 Å². The fraction of sp³-hybridized carbons (Fsp3) is 0.385. The van der Waals surface area contributed by atoms with Crippen LogP contribution in [-0.2, 0) is 10.0 Å². The summed E-state index contributed by atoms with van der Waals surface area (Å²) in [6, 6.07) is 5.43. The summed E-state index contributed by atoms with van der Waals surface area (Å²) >= 11 is 0. The molecule has 1 aliphatic rings. The molecule has 1 aliphatic heterocycles. The number of terminal acetylenes is 1. The maximum Gasteiger partial charge on any atom is 0.246 e. The quantitative estimate of drug-likeness (QED) is 0.769. The van der Waals surface area contributed by atoms with Crippen molar-refractivity contribution < 1.29 is 12.8 Å². The first-order valence-corrected chi connectivity index (χ1v) is 7.40. The minimum Gasteiger partial charge on any atom is -0.290 e. The molecule has 4 nitrogen and oxygen atoms in total. The minimum absolute atomic E-state index is 0.264. The van der Waals surface area contributed by atoms with E-state index < -0.39 is 15.8 Å². The Morgan fingerprint density at radius 1 is 1.21 bits per heavy atom. The van der Waals surface area contributed by atoms with Gasteiger partial charge in [0.25, 0.3) is 0 Å². The Bertz CT molecular complexity index is 587. The number of halogens is 1. The van der Waals surface area contributed by atoms with Gasteiger partial charge in [0.1, 0.15) is 10.7 Å². The number of sulfonamides is 1. The van der Waals surface area contributed by atoms with Crippen LogP contribution >= 0.6 is 0 Å². The number of nitrogens with zero attached hydrogens (tertiary/aromatic N) is 2. The van der Waals surface area contributed by atoms with Crippen LogP contribution in [0.1, 0.15) is 0 Å². The van der Waals surface area contributed by atoms with E-state index >= 15 is 0 Å². The molecule has 0 aliphatic carbocycles. The molecule has 0 aromatic heterocycles. The summed E-state index contributed by atoms with van der Waals surface area (Å²) in [7, 11) is -3.75. The zero-order valence-corrected chi connectivity index (χ0v) is 11.2. The van der Waals surface area contributed by atoms with E-state index in [1.54, 1.807) is 0 Å². The zero-order valence-electron chi connectivity index (χ0n) is 10.4. The van der Waals surface area contributed by atoms with Crippen LogP contribution in [-0.4, -0.2) is 50.3 Å². The van der Waals surface area contributed by atoms with Crippen molar-refractivity contribution in [2.75, 3.05) is 32.7 Å². The highest BCUT2D eigenvalue weighted by Gasteiger charge is 2.29. The number of piperazine rings is 1. The molecule has 1 aromatic carbocycles. The Labute approximate surface area is 112 Å². The van der Waals surface area contributed by atoms with E-state index in [9.17, 15) is 12.8 Å². The van der Waals surface area contributed by atoms with Crippen LogP contribution in [0.3, 0.4) is 0 Å². The first kappa shape index (κ1) is 14.0. The SMILES string of the molecule is C#CCN1CCN(S(=O)(=O)c2ccccc2F)CC1. The van der Waals surface area contributed by atoms with Gasteiger partial charge in [-0.2, -0.15) is 4.31 Å². The normalized spacial score (nSPS) is 18.1. The highest BCUT2D eigenvalue weighted by molar-refractivity contribution is 7.89. The molecule has 0 amide bonds. The molecule has 0 spiro atoms. The van der Waals surface area contributed by atoms with E-state index in [4.69, 9.17) is 6.42 Å². The molecule has 0 unspecified atom stereocenters. The second-order valence-corrected chi connectivity index (χ2v) is 6.22. The van der Waals surface area contributed by atoms with Gasteiger partial charge in [-0.05, 0) is 12.1 Å². The molecule has 19 heavy (non-hydrogen) atoms. The van der Waals surface area contributed by atoms with Gasteiger partial charge in [-0.1, -0.05) is 18.1 Å². The summed E-state index contributed by atoms with van der Waals surface area (Å²) in [6.45, 7) is 2.31. The van der Waals surface area contributed by atoms with Crippen molar-refractivity contribution in [1.82, 2.24) is 9.21 Å². The zero-order chi connectivity index (χ0) is 13.9. The summed E-state index contributed by atoms with van der Waals surface area (Å²) in [5, 5.41) is 0. The third-order valence-corrected chi connectivity index (χ3v) is 5.03. The first-order chi connectivity index (χ1) is 9.05. The van der Waals surface area contributed by atoms with Crippen molar-refractivity contribution in [2.24, 2.45) is 0 Å². The largest absolute Gasteiger partial charge is 0.290 e. The average molecular weight is 282 g/mol. The lowest BCUT2D eigenvalue weighted by Crippen LogP contribution is -2.48. The second kappa shape index (κ2) is 5.70. The average Bonchev–Trinajstić information content (AvgIpc) is 2.40. The molecule has 1 saturated heterocycles. The van der Waals surface area contributed by atoms with Crippen LogP contribution < -0.4 is 0 Å². The standard InChI is InChI=1S/C13H15FN2O2S/c1-2-7-15-8-10-16(11-9-15)19(17,18)13-6-4-3-5-12(13)14/h1,3-6H,7-11H2. The van der Waals surface area contributed by atoms with Crippen LogP contribution in [0, 0.1) is 18.2 Å². The molecule has 2 rings (SSSR count). The van der Waals surface area contributed by atoms with Gasteiger partial charge < -0.3 is 0 Å². The van der Waals surface area contributed by atoms with Gasteiger partial charge in [0.15, 0.2) is 0 Å². The highest BCUT2D eigenvalue weighted by Crippen LogP contribution is 2.20. The van der Waals surface area contributed by atoms with Gasteiger partial charge in [0.05, 0.1) is 6.54 Å². The van der Waals surface area contributed by atoms with Crippen molar-refractivity contribution in [3.05, 3.63) is 30.1 Å². The Morgan fingerprint density at radius 3 is 2.42 bits per heavy atom. The van der Waals surface area contributed by atoms with Gasteiger partial charge >= 0.3 is 0 Å². The lowest BCUT2D eigenvalue weighted by molar-refractivity contribution is 0.206. The number of hydrogen-bond donors (Lipinski definition) is 0. The van der Waals surface area contributed by atoms with Gasteiger partial charge in [-0.25, -0.2) is 12.8 Å². The number of rotatable bonds is 3. The molecule has 1 aromatic rings. The van der Waals surface area contributed by atoms with E-state index in [1.165, 1.54) is 22.5 Å². The van der Waals surface area contributed by atoms with Gasteiger partial charge in [-0.15, -0.1) is 6.42 Å². The molecular weight excluding hydrogens is 267 g/mol. The summed E-state index contributed by atoms with van der Waals surface area (Å²) in [4.78, 5) is 1.73. The maximum atomic E-state index is 13.6. The third-order valence-electron chi connectivity index (χ3n) is 3.10. The van der Waals surface area contributed by atoms with Gasteiger partial charge in [0, 0.05) is 26.2 Å². The number of hydrogen-bond acceptors (Lipinski definition) is 3. The smallest absolute Gasteiger partial charge is 0.246 e. The topological polar surface area (TPSA) is 40.6 Å². The Kier molecular flexibility index (Phi) is 4.20.